The molecule has 27 heavy (non-hydrogen) atoms. The lowest BCUT2D eigenvalue weighted by Crippen LogP contribution is -2.40. The fraction of sp³-hybridized carbons (Fsp3) is 0.571. The molecule has 0 aliphatic carbocycles. The van der Waals surface area contributed by atoms with Gasteiger partial charge in [-0.3, -0.25) is 4.79 Å². The van der Waals surface area contributed by atoms with Crippen molar-refractivity contribution in [3.8, 4) is 0 Å². The monoisotopic (exact) mass is 367 g/mol. The van der Waals surface area contributed by atoms with E-state index < -0.39 is 0 Å². The summed E-state index contributed by atoms with van der Waals surface area (Å²) in [6.45, 7) is 8.51. The summed E-state index contributed by atoms with van der Waals surface area (Å²) in [7, 11) is 0. The number of benzene rings is 1. The van der Waals surface area contributed by atoms with Crippen LogP contribution in [0.4, 0.5) is 0 Å². The largest absolute Gasteiger partial charge is 0.342 e. The number of nitrogens with zero attached hydrogens (tertiary/aromatic N) is 4. The smallest absolute Gasteiger partial charge is 0.229 e. The Hall–Kier alpha value is -2.21. The fourth-order valence-corrected chi connectivity index (χ4v) is 4.23. The maximum absolute atomic E-state index is 13.0. The number of nitrogens with one attached hydrogen (secondary N) is 1. The van der Waals surface area contributed by atoms with Crippen molar-refractivity contribution in [3.05, 3.63) is 47.0 Å². The Morgan fingerprint density at radius 1 is 1.19 bits per heavy atom. The molecule has 4 rings (SSSR count). The van der Waals surface area contributed by atoms with Crippen LogP contribution in [0.3, 0.4) is 0 Å². The van der Waals surface area contributed by atoms with E-state index in [1.54, 1.807) is 0 Å². The van der Waals surface area contributed by atoms with Gasteiger partial charge in [0, 0.05) is 32.1 Å². The van der Waals surface area contributed by atoms with Gasteiger partial charge in [-0.05, 0) is 37.3 Å². The van der Waals surface area contributed by atoms with E-state index in [0.29, 0.717) is 5.92 Å². The predicted octanol–water partition coefficient (Wildman–Crippen LogP) is 2.45. The highest BCUT2D eigenvalue weighted by Crippen LogP contribution is 2.29. The Balaban J connectivity index is 1.38. The lowest BCUT2D eigenvalue weighted by atomic mass is 9.93. The number of hydrogen-bond acceptors (Lipinski definition) is 4. The van der Waals surface area contributed by atoms with Crippen molar-refractivity contribution in [2.75, 3.05) is 19.6 Å². The molecule has 6 heteroatoms. The van der Waals surface area contributed by atoms with Crippen molar-refractivity contribution in [2.45, 2.75) is 58.0 Å². The molecule has 2 aliphatic heterocycles. The number of aromatic nitrogens is 3. The highest BCUT2D eigenvalue weighted by molar-refractivity contribution is 5.83. The molecule has 0 saturated carbocycles. The zero-order valence-electron chi connectivity index (χ0n) is 16.3. The van der Waals surface area contributed by atoms with Crippen LogP contribution in [0.5, 0.6) is 0 Å². The van der Waals surface area contributed by atoms with E-state index in [1.807, 2.05) is 11.8 Å². The van der Waals surface area contributed by atoms with Crippen LogP contribution in [-0.4, -0.2) is 45.2 Å². The van der Waals surface area contributed by atoms with Crippen molar-refractivity contribution >= 4 is 5.91 Å². The number of carbonyl (C=O) groups is 1. The third-order valence-electron chi connectivity index (χ3n) is 6.08. The molecule has 1 fully saturated rings. The highest BCUT2D eigenvalue weighted by Gasteiger charge is 2.30. The maximum Gasteiger partial charge on any atom is 0.229 e. The van der Waals surface area contributed by atoms with Gasteiger partial charge < -0.3 is 14.8 Å². The number of aryl methyl sites for hydroxylation is 1. The zero-order valence-corrected chi connectivity index (χ0v) is 16.3. The molecule has 1 N–H and O–H groups in total. The van der Waals surface area contributed by atoms with Gasteiger partial charge >= 0.3 is 0 Å². The fourth-order valence-electron chi connectivity index (χ4n) is 4.23. The molecule has 1 atom stereocenters. The molecular weight excluding hydrogens is 338 g/mol. The van der Waals surface area contributed by atoms with Crippen LogP contribution in [0.25, 0.3) is 0 Å². The molecule has 1 aromatic carbocycles. The first-order chi connectivity index (χ1) is 13.2. The molecule has 1 unspecified atom stereocenters. The SMILES string of the molecule is CCc1ccc(C(C)C(=O)N2CCC(c3nnc4n3CCNC4)CC2)cc1. The van der Waals surface area contributed by atoms with E-state index in [4.69, 9.17) is 0 Å². The van der Waals surface area contributed by atoms with E-state index in [9.17, 15) is 4.79 Å². The first-order valence-corrected chi connectivity index (χ1v) is 10.2. The summed E-state index contributed by atoms with van der Waals surface area (Å²) in [6.07, 6.45) is 2.97. The molecule has 1 saturated heterocycles. The van der Waals surface area contributed by atoms with Crippen molar-refractivity contribution in [1.29, 1.82) is 0 Å². The summed E-state index contributed by atoms with van der Waals surface area (Å²) >= 11 is 0. The summed E-state index contributed by atoms with van der Waals surface area (Å²) in [4.78, 5) is 15.0. The van der Waals surface area contributed by atoms with Crippen molar-refractivity contribution in [1.82, 2.24) is 25.0 Å². The van der Waals surface area contributed by atoms with E-state index in [0.717, 1.165) is 69.2 Å². The van der Waals surface area contributed by atoms with Crippen LogP contribution in [0.2, 0.25) is 0 Å². The highest BCUT2D eigenvalue weighted by atomic mass is 16.2. The van der Waals surface area contributed by atoms with Crippen LogP contribution in [0, 0.1) is 0 Å². The lowest BCUT2D eigenvalue weighted by Gasteiger charge is -2.33. The van der Waals surface area contributed by atoms with Gasteiger partial charge in [0.25, 0.3) is 0 Å². The summed E-state index contributed by atoms with van der Waals surface area (Å²) in [5.74, 6) is 2.72. The van der Waals surface area contributed by atoms with E-state index >= 15 is 0 Å². The number of rotatable bonds is 4. The van der Waals surface area contributed by atoms with Crippen LogP contribution < -0.4 is 5.32 Å². The van der Waals surface area contributed by atoms with E-state index in [2.05, 4.69) is 51.3 Å². The van der Waals surface area contributed by atoms with Gasteiger partial charge in [-0.25, -0.2) is 0 Å². The number of likely N-dealkylation sites (tertiary alicyclic amines) is 1. The number of carbonyl (C=O) groups excluding carboxylic acids is 1. The predicted molar refractivity (Wildman–Crippen MR) is 105 cm³/mol. The van der Waals surface area contributed by atoms with Crippen LogP contribution in [-0.2, 0) is 24.3 Å². The van der Waals surface area contributed by atoms with Gasteiger partial charge in [-0.1, -0.05) is 31.2 Å². The molecular formula is C21H29N5O. The number of amides is 1. The van der Waals surface area contributed by atoms with Gasteiger partial charge in [0.2, 0.25) is 5.91 Å². The first kappa shape index (κ1) is 18.2. The summed E-state index contributed by atoms with van der Waals surface area (Å²) in [6, 6.07) is 8.47. The third-order valence-corrected chi connectivity index (χ3v) is 6.08. The second-order valence-corrected chi connectivity index (χ2v) is 7.72. The third kappa shape index (κ3) is 3.63. The Kier molecular flexibility index (Phi) is 5.25. The topological polar surface area (TPSA) is 63.1 Å². The molecule has 0 radical (unpaired) electrons. The van der Waals surface area contributed by atoms with Gasteiger partial charge in [-0.2, -0.15) is 0 Å². The molecule has 144 valence electrons. The summed E-state index contributed by atoms with van der Waals surface area (Å²) in [5.41, 5.74) is 2.42. The van der Waals surface area contributed by atoms with Gasteiger partial charge in [0.15, 0.2) is 0 Å². The Bertz CT molecular complexity index is 789. The van der Waals surface area contributed by atoms with Crippen LogP contribution in [0.1, 0.15) is 61.3 Å². The molecule has 1 aromatic heterocycles. The first-order valence-electron chi connectivity index (χ1n) is 10.2. The standard InChI is InChI=1S/C21H29N5O/c1-3-16-4-6-17(7-5-16)15(2)21(27)25-11-8-18(9-12-25)20-24-23-19-14-22-10-13-26(19)20/h4-7,15,18,22H,3,8-14H2,1-2H3. The van der Waals surface area contributed by atoms with Crippen molar-refractivity contribution < 1.29 is 4.79 Å². The maximum atomic E-state index is 13.0. The quantitative estimate of drug-likeness (QED) is 0.902. The van der Waals surface area contributed by atoms with Crippen molar-refractivity contribution in [3.63, 3.8) is 0 Å². The van der Waals surface area contributed by atoms with E-state index in [-0.39, 0.29) is 11.8 Å². The number of piperidine rings is 1. The summed E-state index contributed by atoms with van der Waals surface area (Å²) < 4.78 is 2.27. The second kappa shape index (κ2) is 7.80. The number of fused-ring (bicyclic) bond motifs is 1. The zero-order chi connectivity index (χ0) is 18.8. The second-order valence-electron chi connectivity index (χ2n) is 7.72. The van der Waals surface area contributed by atoms with Gasteiger partial charge in [0.1, 0.15) is 11.6 Å². The van der Waals surface area contributed by atoms with Crippen LogP contribution >= 0.6 is 0 Å². The van der Waals surface area contributed by atoms with Crippen LogP contribution in [0.15, 0.2) is 24.3 Å². The minimum absolute atomic E-state index is 0.0839. The average molecular weight is 367 g/mol. The molecule has 0 bridgehead atoms. The Morgan fingerprint density at radius 2 is 1.93 bits per heavy atom. The van der Waals surface area contributed by atoms with Gasteiger partial charge in [-0.15, -0.1) is 10.2 Å². The van der Waals surface area contributed by atoms with Gasteiger partial charge in [0.05, 0.1) is 12.5 Å². The molecule has 2 aromatic rings. The molecule has 0 spiro atoms. The number of hydrogen-bond donors (Lipinski definition) is 1. The minimum Gasteiger partial charge on any atom is -0.342 e. The molecule has 1 amide bonds. The van der Waals surface area contributed by atoms with E-state index in [1.165, 1.54) is 5.56 Å². The Morgan fingerprint density at radius 3 is 2.63 bits per heavy atom. The molecule has 6 nitrogen and oxygen atoms in total. The molecule has 3 heterocycles. The minimum atomic E-state index is -0.0839. The Labute approximate surface area is 161 Å². The lowest BCUT2D eigenvalue weighted by molar-refractivity contribution is -0.133. The molecule has 2 aliphatic rings. The normalized spacial score (nSPS) is 19.0. The van der Waals surface area contributed by atoms with Crippen molar-refractivity contribution in [2.24, 2.45) is 0 Å². The summed E-state index contributed by atoms with van der Waals surface area (Å²) in [5, 5.41) is 12.1. The average Bonchev–Trinajstić information content (AvgIpc) is 3.17.